The van der Waals surface area contributed by atoms with E-state index in [4.69, 9.17) is 14.2 Å². The lowest BCUT2D eigenvalue weighted by atomic mass is 10.2. The first kappa shape index (κ1) is 22.9. The van der Waals surface area contributed by atoms with Crippen molar-refractivity contribution in [1.29, 1.82) is 5.26 Å². The first-order valence-electron chi connectivity index (χ1n) is 10.5. The van der Waals surface area contributed by atoms with Crippen LogP contribution in [0.4, 0.5) is 11.4 Å². The van der Waals surface area contributed by atoms with Crippen LogP contribution in [0.3, 0.4) is 0 Å². The number of pyridine rings is 1. The van der Waals surface area contributed by atoms with Crippen molar-refractivity contribution in [2.45, 2.75) is 6.10 Å². The Kier molecular flexibility index (Phi) is 6.79. The number of hydrogen-bond acceptors (Lipinski definition) is 9. The van der Waals surface area contributed by atoms with Gasteiger partial charge < -0.3 is 34.1 Å². The minimum absolute atomic E-state index is 0.0944. The quantitative estimate of drug-likeness (QED) is 0.507. The largest absolute Gasteiger partial charge is 0.490 e. The van der Waals surface area contributed by atoms with Gasteiger partial charge in [-0.2, -0.15) is 5.26 Å². The van der Waals surface area contributed by atoms with Crippen molar-refractivity contribution < 1.29 is 24.1 Å². The molecule has 0 radical (unpaired) electrons. The summed E-state index contributed by atoms with van der Waals surface area (Å²) in [6, 6.07) is 9.10. The Morgan fingerprint density at radius 3 is 2.94 bits per heavy atom. The smallest absolute Gasteiger partial charge is 0.271 e. The summed E-state index contributed by atoms with van der Waals surface area (Å²) in [7, 11) is 3.24. The number of benzene rings is 1. The normalized spacial score (nSPS) is 13.3. The first-order chi connectivity index (χ1) is 16.5. The topological polar surface area (TPSA) is 135 Å². The van der Waals surface area contributed by atoms with Crippen LogP contribution in [-0.2, 0) is 7.05 Å². The SMILES string of the molecule is COc1ncc(N2CCOc3ccc(O[C@@H](CO)CNC(=O)c4cn(C)cn4)cc32)cc1C#N. The number of fused-ring (bicyclic) bond motifs is 1. The van der Waals surface area contributed by atoms with Gasteiger partial charge in [0.25, 0.3) is 5.91 Å². The molecule has 0 bridgehead atoms. The van der Waals surface area contributed by atoms with Crippen molar-refractivity contribution in [1.82, 2.24) is 19.9 Å². The molecule has 0 saturated heterocycles. The number of hydrogen-bond donors (Lipinski definition) is 2. The predicted octanol–water partition coefficient (Wildman–Crippen LogP) is 1.40. The number of imidazole rings is 1. The lowest BCUT2D eigenvalue weighted by Gasteiger charge is -2.31. The average molecular weight is 464 g/mol. The van der Waals surface area contributed by atoms with Gasteiger partial charge in [0.1, 0.15) is 41.5 Å². The molecule has 1 amide bonds. The molecule has 34 heavy (non-hydrogen) atoms. The number of anilines is 2. The van der Waals surface area contributed by atoms with Crippen LogP contribution >= 0.6 is 0 Å². The molecule has 2 aromatic heterocycles. The van der Waals surface area contributed by atoms with Crippen molar-refractivity contribution in [3.05, 3.63) is 54.2 Å². The first-order valence-corrected chi connectivity index (χ1v) is 10.5. The number of methoxy groups -OCH3 is 1. The number of ether oxygens (including phenoxy) is 3. The summed E-state index contributed by atoms with van der Waals surface area (Å²) < 4.78 is 18.5. The third-order valence-electron chi connectivity index (χ3n) is 5.19. The number of rotatable bonds is 8. The number of carbonyl (C=O) groups excluding carboxylic acids is 1. The van der Waals surface area contributed by atoms with E-state index in [2.05, 4.69) is 21.4 Å². The molecule has 4 rings (SSSR count). The molecule has 0 fully saturated rings. The summed E-state index contributed by atoms with van der Waals surface area (Å²) >= 11 is 0. The van der Waals surface area contributed by atoms with E-state index >= 15 is 0 Å². The number of nitrogens with one attached hydrogen (secondary N) is 1. The standard InChI is InChI=1S/C23H24N6O5/c1-28-12-19(27-14-28)22(31)25-11-18(13-30)34-17-3-4-21-20(8-17)29(5-6-33-21)16-7-15(9-24)23(32-2)26-10-16/h3-4,7-8,10,12,14,18,30H,5-6,11,13H2,1-2H3,(H,25,31)/t18-/m1/s1. The Hall–Kier alpha value is -4.30. The van der Waals surface area contributed by atoms with Gasteiger partial charge in [-0.25, -0.2) is 9.97 Å². The van der Waals surface area contributed by atoms with Gasteiger partial charge in [0.05, 0.1) is 50.7 Å². The van der Waals surface area contributed by atoms with E-state index < -0.39 is 6.10 Å². The van der Waals surface area contributed by atoms with Gasteiger partial charge in [0.15, 0.2) is 0 Å². The van der Waals surface area contributed by atoms with Gasteiger partial charge in [-0.05, 0) is 18.2 Å². The zero-order valence-electron chi connectivity index (χ0n) is 18.8. The van der Waals surface area contributed by atoms with E-state index in [-0.39, 0.29) is 30.6 Å². The molecule has 0 aliphatic carbocycles. The van der Waals surface area contributed by atoms with Crippen LogP contribution in [-0.4, -0.2) is 65.1 Å². The average Bonchev–Trinajstić information content (AvgIpc) is 3.31. The second-order valence-electron chi connectivity index (χ2n) is 7.55. The molecule has 0 unspecified atom stereocenters. The molecular formula is C23H24N6O5. The van der Waals surface area contributed by atoms with E-state index in [1.807, 2.05) is 4.90 Å². The summed E-state index contributed by atoms with van der Waals surface area (Å²) in [6.07, 6.45) is 4.10. The van der Waals surface area contributed by atoms with Gasteiger partial charge in [-0.1, -0.05) is 0 Å². The molecule has 2 N–H and O–H groups in total. The fraction of sp³-hybridized carbons (Fsp3) is 0.304. The van der Waals surface area contributed by atoms with E-state index in [0.717, 1.165) is 5.69 Å². The van der Waals surface area contributed by atoms with Crippen molar-refractivity contribution in [3.8, 4) is 23.4 Å². The molecule has 0 spiro atoms. The van der Waals surface area contributed by atoms with Gasteiger partial charge in [-0.15, -0.1) is 0 Å². The summed E-state index contributed by atoms with van der Waals surface area (Å²) in [5.74, 6) is 1.04. The van der Waals surface area contributed by atoms with Gasteiger partial charge >= 0.3 is 0 Å². The lowest BCUT2D eigenvalue weighted by molar-refractivity contribution is 0.0867. The monoisotopic (exact) mass is 464 g/mol. The molecule has 1 aliphatic rings. The molecular weight excluding hydrogens is 440 g/mol. The highest BCUT2D eigenvalue weighted by molar-refractivity contribution is 5.92. The fourth-order valence-electron chi connectivity index (χ4n) is 3.53. The molecule has 1 aromatic carbocycles. The third-order valence-corrected chi connectivity index (χ3v) is 5.19. The number of aromatic nitrogens is 3. The summed E-state index contributed by atoms with van der Waals surface area (Å²) in [6.45, 7) is 0.795. The number of nitrogens with zero attached hydrogens (tertiary/aromatic N) is 5. The summed E-state index contributed by atoms with van der Waals surface area (Å²) in [5, 5.41) is 21.9. The molecule has 3 heterocycles. The second kappa shape index (κ2) is 10.1. The van der Waals surface area contributed by atoms with E-state index in [0.29, 0.717) is 35.9 Å². The van der Waals surface area contributed by atoms with Gasteiger partial charge in [0, 0.05) is 19.3 Å². The molecule has 1 atom stereocenters. The highest BCUT2D eigenvalue weighted by Gasteiger charge is 2.23. The van der Waals surface area contributed by atoms with E-state index in [9.17, 15) is 15.2 Å². The number of aryl methyl sites for hydroxylation is 1. The van der Waals surface area contributed by atoms with Crippen molar-refractivity contribution in [3.63, 3.8) is 0 Å². The predicted molar refractivity (Wildman–Crippen MR) is 121 cm³/mol. The van der Waals surface area contributed by atoms with Crippen LogP contribution in [0.1, 0.15) is 16.1 Å². The maximum atomic E-state index is 12.2. The van der Waals surface area contributed by atoms with Crippen molar-refractivity contribution >= 4 is 17.3 Å². The summed E-state index contributed by atoms with van der Waals surface area (Å²) in [5.41, 5.74) is 2.05. The molecule has 3 aromatic rings. The zero-order valence-corrected chi connectivity index (χ0v) is 18.8. The molecule has 11 heteroatoms. The molecule has 11 nitrogen and oxygen atoms in total. The zero-order chi connectivity index (χ0) is 24.1. The highest BCUT2D eigenvalue weighted by atomic mass is 16.5. The Labute approximate surface area is 196 Å². The number of aliphatic hydroxyl groups excluding tert-OH is 1. The van der Waals surface area contributed by atoms with E-state index in [1.54, 1.807) is 48.3 Å². The van der Waals surface area contributed by atoms with Crippen LogP contribution in [0.5, 0.6) is 17.4 Å². The van der Waals surface area contributed by atoms with Crippen LogP contribution in [0.25, 0.3) is 0 Å². The van der Waals surface area contributed by atoms with Crippen molar-refractivity contribution in [2.24, 2.45) is 7.05 Å². The Morgan fingerprint density at radius 2 is 2.24 bits per heavy atom. The molecule has 0 saturated carbocycles. The minimum atomic E-state index is -0.670. The van der Waals surface area contributed by atoms with E-state index in [1.165, 1.54) is 13.4 Å². The number of carbonyl (C=O) groups is 1. The third kappa shape index (κ3) is 4.87. The van der Waals surface area contributed by atoms with Gasteiger partial charge in [0.2, 0.25) is 5.88 Å². The van der Waals surface area contributed by atoms with Crippen LogP contribution in [0.15, 0.2) is 43.0 Å². The van der Waals surface area contributed by atoms with Gasteiger partial charge in [-0.3, -0.25) is 4.79 Å². The minimum Gasteiger partial charge on any atom is -0.490 e. The van der Waals surface area contributed by atoms with Crippen LogP contribution in [0.2, 0.25) is 0 Å². The maximum absolute atomic E-state index is 12.2. The van der Waals surface area contributed by atoms with Crippen LogP contribution in [0, 0.1) is 11.3 Å². The molecule has 176 valence electrons. The van der Waals surface area contributed by atoms with Crippen LogP contribution < -0.4 is 24.4 Å². The second-order valence-corrected chi connectivity index (χ2v) is 7.55. The Balaban J connectivity index is 1.50. The number of nitriles is 1. The summed E-state index contributed by atoms with van der Waals surface area (Å²) in [4.78, 5) is 22.4. The molecule has 1 aliphatic heterocycles. The maximum Gasteiger partial charge on any atom is 0.271 e. The Morgan fingerprint density at radius 1 is 1.38 bits per heavy atom. The fourth-order valence-corrected chi connectivity index (χ4v) is 3.53. The number of amides is 1. The van der Waals surface area contributed by atoms with Crippen molar-refractivity contribution in [2.75, 3.05) is 38.3 Å². The Bertz CT molecular complexity index is 1220. The number of aliphatic hydroxyl groups is 1. The highest BCUT2D eigenvalue weighted by Crippen LogP contribution is 2.39. The lowest BCUT2D eigenvalue weighted by Crippen LogP contribution is -2.37.